The van der Waals surface area contributed by atoms with E-state index in [1.54, 1.807) is 22.8 Å². The van der Waals surface area contributed by atoms with E-state index < -0.39 is 5.51 Å². The zero-order chi connectivity index (χ0) is 14.0. The standard InChI is InChI=1S/C11H9Cl2F3N2S/c12-6-9-17-8-3-1-2-7(13)10(8)18(9)4-5-19-11(14,15)16/h1-3H,4-6H2. The molecular formula is C11H9Cl2F3N2S. The van der Waals surface area contributed by atoms with E-state index in [4.69, 9.17) is 23.2 Å². The molecule has 0 saturated heterocycles. The second kappa shape index (κ2) is 5.81. The van der Waals surface area contributed by atoms with Crippen molar-refractivity contribution in [3.05, 3.63) is 29.0 Å². The quantitative estimate of drug-likeness (QED) is 0.758. The smallest absolute Gasteiger partial charge is 0.325 e. The minimum Gasteiger partial charge on any atom is -0.325 e. The molecule has 2 aromatic rings. The van der Waals surface area contributed by atoms with Crippen LogP contribution in [0, 0.1) is 0 Å². The van der Waals surface area contributed by atoms with E-state index in [-0.39, 0.29) is 29.9 Å². The molecule has 8 heteroatoms. The Bertz CT molecular complexity index is 583. The molecule has 0 unspecified atom stereocenters. The van der Waals surface area contributed by atoms with Crippen LogP contribution in [0.15, 0.2) is 18.2 Å². The maximum absolute atomic E-state index is 12.1. The molecule has 0 bridgehead atoms. The molecule has 0 amide bonds. The van der Waals surface area contributed by atoms with Crippen LogP contribution in [0.3, 0.4) is 0 Å². The minimum absolute atomic E-state index is 0.0694. The van der Waals surface area contributed by atoms with Crippen LogP contribution in [0.5, 0.6) is 0 Å². The molecule has 1 heterocycles. The highest BCUT2D eigenvalue weighted by molar-refractivity contribution is 8.00. The van der Waals surface area contributed by atoms with E-state index in [0.717, 1.165) is 0 Å². The summed E-state index contributed by atoms with van der Waals surface area (Å²) in [5, 5.41) is 0.457. The Balaban J connectivity index is 2.30. The second-order valence-electron chi connectivity index (χ2n) is 3.72. The van der Waals surface area contributed by atoms with Gasteiger partial charge in [-0.25, -0.2) is 4.98 Å². The van der Waals surface area contributed by atoms with Gasteiger partial charge >= 0.3 is 5.51 Å². The highest BCUT2D eigenvalue weighted by Crippen LogP contribution is 2.31. The summed E-state index contributed by atoms with van der Waals surface area (Å²) in [6.07, 6.45) is 0. The third kappa shape index (κ3) is 3.49. The Hall–Kier alpha value is -0.590. The lowest BCUT2D eigenvalue weighted by Crippen LogP contribution is -2.09. The van der Waals surface area contributed by atoms with Gasteiger partial charge in [0.1, 0.15) is 5.82 Å². The largest absolute Gasteiger partial charge is 0.441 e. The Morgan fingerprint density at radius 3 is 2.68 bits per heavy atom. The fraction of sp³-hybridized carbons (Fsp3) is 0.364. The highest BCUT2D eigenvalue weighted by Gasteiger charge is 2.27. The van der Waals surface area contributed by atoms with E-state index >= 15 is 0 Å². The van der Waals surface area contributed by atoms with E-state index in [0.29, 0.717) is 21.9 Å². The molecule has 0 radical (unpaired) electrons. The molecule has 19 heavy (non-hydrogen) atoms. The predicted molar refractivity (Wildman–Crippen MR) is 72.8 cm³/mol. The lowest BCUT2D eigenvalue weighted by atomic mass is 10.3. The van der Waals surface area contributed by atoms with Gasteiger partial charge in [-0.15, -0.1) is 11.6 Å². The van der Waals surface area contributed by atoms with Crippen LogP contribution in [-0.4, -0.2) is 20.8 Å². The third-order valence-electron chi connectivity index (χ3n) is 2.50. The summed E-state index contributed by atoms with van der Waals surface area (Å²) < 4.78 is 38.1. The number of alkyl halides is 4. The van der Waals surface area contributed by atoms with Crippen LogP contribution in [0.4, 0.5) is 13.2 Å². The number of thioether (sulfide) groups is 1. The maximum atomic E-state index is 12.1. The number of aromatic nitrogens is 2. The molecule has 0 aliphatic carbocycles. The fourth-order valence-corrected chi connectivity index (χ4v) is 2.77. The number of hydrogen-bond donors (Lipinski definition) is 0. The first kappa shape index (κ1) is 14.8. The summed E-state index contributed by atoms with van der Waals surface area (Å²) in [5.41, 5.74) is -2.97. The molecule has 0 atom stereocenters. The van der Waals surface area contributed by atoms with Gasteiger partial charge in [-0.1, -0.05) is 17.7 Å². The van der Waals surface area contributed by atoms with E-state index in [1.807, 2.05) is 0 Å². The van der Waals surface area contributed by atoms with E-state index in [1.165, 1.54) is 0 Å². The molecule has 0 aliphatic heterocycles. The zero-order valence-electron chi connectivity index (χ0n) is 9.55. The first-order valence-electron chi connectivity index (χ1n) is 5.32. The van der Waals surface area contributed by atoms with Crippen molar-refractivity contribution in [1.29, 1.82) is 0 Å². The van der Waals surface area contributed by atoms with Crippen molar-refractivity contribution in [2.45, 2.75) is 17.9 Å². The molecule has 0 N–H and O–H groups in total. The monoisotopic (exact) mass is 328 g/mol. The number of aryl methyl sites for hydroxylation is 1. The van der Waals surface area contributed by atoms with E-state index in [2.05, 4.69) is 4.98 Å². The zero-order valence-corrected chi connectivity index (χ0v) is 11.9. The maximum Gasteiger partial charge on any atom is 0.441 e. The number of imidazole rings is 1. The van der Waals surface area contributed by atoms with Crippen molar-refractivity contribution in [1.82, 2.24) is 9.55 Å². The van der Waals surface area contributed by atoms with Crippen LogP contribution >= 0.6 is 35.0 Å². The van der Waals surface area contributed by atoms with Crippen molar-refractivity contribution in [2.75, 3.05) is 5.75 Å². The third-order valence-corrected chi connectivity index (χ3v) is 3.75. The Morgan fingerprint density at radius 1 is 1.32 bits per heavy atom. The topological polar surface area (TPSA) is 17.8 Å². The van der Waals surface area contributed by atoms with Crippen LogP contribution in [0.2, 0.25) is 5.02 Å². The van der Waals surface area contributed by atoms with Gasteiger partial charge in [-0.05, 0) is 23.9 Å². The molecule has 0 spiro atoms. The molecule has 1 aromatic carbocycles. The number of fused-ring (bicyclic) bond motifs is 1. The van der Waals surface area contributed by atoms with Crippen molar-refractivity contribution in [2.24, 2.45) is 0 Å². The SMILES string of the molecule is FC(F)(F)SCCn1c(CCl)nc2cccc(Cl)c21. The number of halogens is 5. The van der Waals surface area contributed by atoms with Gasteiger partial charge in [-0.3, -0.25) is 0 Å². The summed E-state index contributed by atoms with van der Waals surface area (Å²) in [4.78, 5) is 4.26. The molecule has 104 valence electrons. The fourth-order valence-electron chi connectivity index (χ4n) is 1.79. The Labute approximate surface area is 121 Å². The lowest BCUT2D eigenvalue weighted by Gasteiger charge is -2.09. The Morgan fingerprint density at radius 2 is 2.05 bits per heavy atom. The molecule has 0 saturated carbocycles. The van der Waals surface area contributed by atoms with Gasteiger partial charge in [-0.2, -0.15) is 13.2 Å². The van der Waals surface area contributed by atoms with Crippen LogP contribution < -0.4 is 0 Å². The molecule has 2 rings (SSSR count). The number of nitrogens with zero attached hydrogens (tertiary/aromatic N) is 2. The van der Waals surface area contributed by atoms with Crippen LogP contribution in [0.1, 0.15) is 5.82 Å². The summed E-state index contributed by atoms with van der Waals surface area (Å²) in [6, 6.07) is 5.17. The number of benzene rings is 1. The summed E-state index contributed by atoms with van der Waals surface area (Å²) in [6.45, 7) is 0.159. The van der Waals surface area contributed by atoms with Gasteiger partial charge in [0.05, 0.1) is 21.9 Å². The summed E-state index contributed by atoms with van der Waals surface area (Å²) in [7, 11) is 0. The van der Waals surface area contributed by atoms with Gasteiger partial charge in [0, 0.05) is 12.3 Å². The number of para-hydroxylation sites is 1. The van der Waals surface area contributed by atoms with Crippen LogP contribution in [0.25, 0.3) is 11.0 Å². The summed E-state index contributed by atoms with van der Waals surface area (Å²) >= 11 is 11.8. The average molecular weight is 329 g/mol. The van der Waals surface area contributed by atoms with Crippen molar-refractivity contribution >= 4 is 46.0 Å². The molecule has 0 aliphatic rings. The average Bonchev–Trinajstić information content (AvgIpc) is 2.67. The van der Waals surface area contributed by atoms with Gasteiger partial charge in [0.25, 0.3) is 0 Å². The van der Waals surface area contributed by atoms with Crippen molar-refractivity contribution in [3.63, 3.8) is 0 Å². The number of rotatable bonds is 4. The lowest BCUT2D eigenvalue weighted by molar-refractivity contribution is -0.0328. The highest BCUT2D eigenvalue weighted by atomic mass is 35.5. The molecular weight excluding hydrogens is 320 g/mol. The van der Waals surface area contributed by atoms with E-state index in [9.17, 15) is 13.2 Å². The molecule has 1 aromatic heterocycles. The van der Waals surface area contributed by atoms with Crippen molar-refractivity contribution < 1.29 is 13.2 Å². The van der Waals surface area contributed by atoms with Gasteiger partial charge in [0.15, 0.2) is 0 Å². The number of hydrogen-bond acceptors (Lipinski definition) is 2. The normalized spacial score (nSPS) is 12.3. The van der Waals surface area contributed by atoms with Crippen molar-refractivity contribution in [3.8, 4) is 0 Å². The van der Waals surface area contributed by atoms with Gasteiger partial charge < -0.3 is 4.57 Å². The first-order chi connectivity index (χ1) is 8.92. The summed E-state index contributed by atoms with van der Waals surface area (Å²) in [5.74, 6) is 0.540. The second-order valence-corrected chi connectivity index (χ2v) is 5.55. The predicted octanol–water partition coefficient (Wildman–Crippen LogP) is 4.68. The first-order valence-corrected chi connectivity index (χ1v) is 7.22. The minimum atomic E-state index is -4.23. The molecule has 2 nitrogen and oxygen atoms in total. The molecule has 0 fully saturated rings. The van der Waals surface area contributed by atoms with Gasteiger partial charge in [0.2, 0.25) is 0 Å². The van der Waals surface area contributed by atoms with Crippen LogP contribution in [-0.2, 0) is 12.4 Å². The Kier molecular flexibility index (Phi) is 4.53.